The van der Waals surface area contributed by atoms with Crippen molar-refractivity contribution in [1.29, 1.82) is 0 Å². The molecule has 1 N–H and O–H groups in total. The van der Waals surface area contributed by atoms with Crippen molar-refractivity contribution in [3.05, 3.63) is 41.0 Å². The second-order valence-electron chi connectivity index (χ2n) is 3.17. The van der Waals surface area contributed by atoms with Gasteiger partial charge in [-0.05, 0) is 18.2 Å². The number of rotatable bonds is 1. The van der Waals surface area contributed by atoms with Gasteiger partial charge in [0.2, 0.25) is 0 Å². The summed E-state index contributed by atoms with van der Waals surface area (Å²) < 4.78 is 36.9. The Morgan fingerprint density at radius 1 is 1.19 bits per heavy atom. The Morgan fingerprint density at radius 2 is 1.94 bits per heavy atom. The number of alkyl halides is 3. The monoisotopic (exact) mass is 246 g/mol. The van der Waals surface area contributed by atoms with Crippen molar-refractivity contribution in [2.75, 3.05) is 0 Å². The van der Waals surface area contributed by atoms with Crippen LogP contribution in [0.25, 0.3) is 11.3 Å². The van der Waals surface area contributed by atoms with E-state index in [1.165, 1.54) is 0 Å². The zero-order valence-corrected chi connectivity index (χ0v) is 8.60. The molecule has 2 nitrogen and oxygen atoms in total. The smallest absolute Gasteiger partial charge is 0.273 e. The molecular formula is C10H6ClF3N2. The molecule has 0 saturated carbocycles. The van der Waals surface area contributed by atoms with E-state index in [1.54, 1.807) is 24.3 Å². The van der Waals surface area contributed by atoms with E-state index in [2.05, 4.69) is 5.10 Å². The number of H-pyrrole nitrogens is 1. The summed E-state index contributed by atoms with van der Waals surface area (Å²) in [7, 11) is 0. The fraction of sp³-hybridized carbons (Fsp3) is 0.100. The highest BCUT2D eigenvalue weighted by atomic mass is 35.5. The van der Waals surface area contributed by atoms with E-state index >= 15 is 0 Å². The zero-order chi connectivity index (χ0) is 11.8. The third-order valence-corrected chi connectivity index (χ3v) is 2.24. The summed E-state index contributed by atoms with van der Waals surface area (Å²) in [6.07, 6.45) is -4.41. The van der Waals surface area contributed by atoms with Crippen molar-refractivity contribution in [2.45, 2.75) is 6.18 Å². The number of nitrogens with zero attached hydrogens (tertiary/aromatic N) is 1. The lowest BCUT2D eigenvalue weighted by Gasteiger charge is -2.00. The molecule has 0 radical (unpaired) electrons. The molecule has 1 aromatic heterocycles. The second-order valence-corrected chi connectivity index (χ2v) is 3.61. The molecule has 0 bridgehead atoms. The minimum atomic E-state index is -4.41. The molecule has 0 atom stereocenters. The van der Waals surface area contributed by atoms with Crippen molar-refractivity contribution < 1.29 is 13.2 Å². The molecule has 0 fully saturated rings. The first-order chi connectivity index (χ1) is 7.47. The van der Waals surface area contributed by atoms with Crippen LogP contribution in [0.4, 0.5) is 13.2 Å². The molecule has 0 amide bonds. The number of nitrogens with one attached hydrogen (secondary N) is 1. The fourth-order valence-corrected chi connectivity index (χ4v) is 1.45. The van der Waals surface area contributed by atoms with Gasteiger partial charge in [-0.15, -0.1) is 0 Å². The Balaban J connectivity index is 2.39. The first kappa shape index (κ1) is 11.0. The van der Waals surface area contributed by atoms with Crippen molar-refractivity contribution in [3.63, 3.8) is 0 Å². The molecule has 2 rings (SSSR count). The molecule has 84 valence electrons. The summed E-state index contributed by atoms with van der Waals surface area (Å²) in [4.78, 5) is 0. The maximum Gasteiger partial charge on any atom is 0.432 e. The molecule has 16 heavy (non-hydrogen) atoms. The van der Waals surface area contributed by atoms with Gasteiger partial charge in [-0.1, -0.05) is 23.7 Å². The Morgan fingerprint density at radius 3 is 2.50 bits per heavy atom. The van der Waals surface area contributed by atoms with Crippen LogP contribution in [0.3, 0.4) is 0 Å². The maximum atomic E-state index is 12.3. The summed E-state index contributed by atoms with van der Waals surface area (Å²) in [5.41, 5.74) is -0.114. The van der Waals surface area contributed by atoms with Crippen LogP contribution in [0.2, 0.25) is 5.02 Å². The van der Waals surface area contributed by atoms with Crippen molar-refractivity contribution in [2.24, 2.45) is 0 Å². The predicted octanol–water partition coefficient (Wildman–Crippen LogP) is 3.75. The van der Waals surface area contributed by atoms with Crippen LogP contribution in [0.15, 0.2) is 30.3 Å². The fourth-order valence-electron chi connectivity index (χ4n) is 1.26. The average molecular weight is 247 g/mol. The molecule has 1 heterocycles. The van der Waals surface area contributed by atoms with Crippen molar-refractivity contribution in [1.82, 2.24) is 10.2 Å². The standard InChI is InChI=1S/C10H6ClF3N2/c11-7-3-1-2-6(4-7)8-5-9(16-15-8)10(12,13)14/h1-5H,(H,15,16). The SMILES string of the molecule is FC(F)(F)c1cc(-c2cccc(Cl)c2)n[nH]1. The van der Waals surface area contributed by atoms with Gasteiger partial charge in [-0.3, -0.25) is 5.10 Å². The highest BCUT2D eigenvalue weighted by Crippen LogP contribution is 2.30. The Bertz CT molecular complexity index is 505. The molecule has 0 aliphatic heterocycles. The van der Waals surface area contributed by atoms with Gasteiger partial charge in [-0.2, -0.15) is 18.3 Å². The topological polar surface area (TPSA) is 28.7 Å². The number of aromatic amines is 1. The number of hydrogen-bond acceptors (Lipinski definition) is 1. The van der Waals surface area contributed by atoms with Gasteiger partial charge in [0, 0.05) is 10.6 Å². The molecule has 0 saturated heterocycles. The van der Waals surface area contributed by atoms with Crippen LogP contribution >= 0.6 is 11.6 Å². The number of halogens is 4. The van der Waals surface area contributed by atoms with Crippen LogP contribution in [0, 0.1) is 0 Å². The van der Waals surface area contributed by atoms with E-state index in [0.717, 1.165) is 6.07 Å². The molecular weight excluding hydrogens is 241 g/mol. The second kappa shape index (κ2) is 3.83. The van der Waals surface area contributed by atoms with E-state index in [1.807, 2.05) is 5.10 Å². The van der Waals surface area contributed by atoms with Gasteiger partial charge in [0.05, 0.1) is 5.69 Å². The minimum absolute atomic E-state index is 0.217. The number of benzene rings is 1. The van der Waals surface area contributed by atoms with Gasteiger partial charge in [0.15, 0.2) is 0 Å². The van der Waals surface area contributed by atoms with Crippen molar-refractivity contribution in [3.8, 4) is 11.3 Å². The summed E-state index contributed by atoms with van der Waals surface area (Å²) >= 11 is 5.73. The van der Waals surface area contributed by atoms with Crippen LogP contribution < -0.4 is 0 Å². The first-order valence-electron chi connectivity index (χ1n) is 4.35. The van der Waals surface area contributed by atoms with Crippen molar-refractivity contribution >= 4 is 11.6 Å². The third-order valence-electron chi connectivity index (χ3n) is 2.00. The largest absolute Gasteiger partial charge is 0.432 e. The Kier molecular flexibility index (Phi) is 2.63. The van der Waals surface area contributed by atoms with Crippen LogP contribution in [0.1, 0.15) is 5.69 Å². The van der Waals surface area contributed by atoms with Gasteiger partial charge in [0.25, 0.3) is 0 Å². The average Bonchev–Trinajstić information content (AvgIpc) is 2.65. The van der Waals surface area contributed by atoms with E-state index in [4.69, 9.17) is 11.6 Å². The molecule has 0 aliphatic rings. The summed E-state index contributed by atoms with van der Waals surface area (Å²) in [6.45, 7) is 0. The zero-order valence-electron chi connectivity index (χ0n) is 7.85. The van der Waals surface area contributed by atoms with Gasteiger partial charge >= 0.3 is 6.18 Å². The summed E-state index contributed by atoms with van der Waals surface area (Å²) in [6, 6.07) is 7.44. The van der Waals surface area contributed by atoms with Crippen LogP contribution in [-0.4, -0.2) is 10.2 Å². The molecule has 0 aliphatic carbocycles. The molecule has 0 unspecified atom stereocenters. The molecule has 2 aromatic rings. The van der Waals surface area contributed by atoms with Gasteiger partial charge in [-0.25, -0.2) is 0 Å². The van der Waals surface area contributed by atoms with E-state index in [-0.39, 0.29) is 5.69 Å². The quantitative estimate of drug-likeness (QED) is 0.816. The van der Waals surface area contributed by atoms with Gasteiger partial charge in [0.1, 0.15) is 5.69 Å². The third kappa shape index (κ3) is 2.19. The van der Waals surface area contributed by atoms with E-state index in [9.17, 15) is 13.2 Å². The van der Waals surface area contributed by atoms with E-state index < -0.39 is 11.9 Å². The first-order valence-corrected chi connectivity index (χ1v) is 4.73. The minimum Gasteiger partial charge on any atom is -0.273 e. The van der Waals surface area contributed by atoms with Crippen LogP contribution in [-0.2, 0) is 6.18 Å². The van der Waals surface area contributed by atoms with Crippen LogP contribution in [0.5, 0.6) is 0 Å². The highest BCUT2D eigenvalue weighted by molar-refractivity contribution is 6.30. The van der Waals surface area contributed by atoms with Gasteiger partial charge < -0.3 is 0 Å². The lowest BCUT2D eigenvalue weighted by atomic mass is 10.1. The summed E-state index contributed by atoms with van der Waals surface area (Å²) in [5.74, 6) is 0. The normalized spacial score (nSPS) is 11.8. The molecule has 1 aromatic carbocycles. The molecule has 0 spiro atoms. The Hall–Kier alpha value is -1.49. The number of hydrogen-bond donors (Lipinski definition) is 1. The lowest BCUT2D eigenvalue weighted by Crippen LogP contribution is -2.04. The van der Waals surface area contributed by atoms with E-state index in [0.29, 0.717) is 10.6 Å². The lowest BCUT2D eigenvalue weighted by molar-refractivity contribution is -0.141. The predicted molar refractivity (Wildman–Crippen MR) is 54.0 cm³/mol. The summed E-state index contributed by atoms with van der Waals surface area (Å²) in [5, 5.41) is 5.99. The Labute approximate surface area is 94.1 Å². The molecule has 6 heteroatoms. The maximum absolute atomic E-state index is 12.3. The highest BCUT2D eigenvalue weighted by Gasteiger charge is 2.33. The number of aromatic nitrogens is 2.